The Morgan fingerprint density at radius 1 is 0.457 bits per heavy atom. The van der Waals surface area contributed by atoms with E-state index >= 15 is 0 Å². The largest absolute Gasteiger partial charge is 0.110 e. The van der Waals surface area contributed by atoms with Gasteiger partial charge in [-0.1, -0.05) is 109 Å². The monoisotopic (exact) mass is 591 g/mol. The summed E-state index contributed by atoms with van der Waals surface area (Å²) in [7, 11) is 7.97. The molecule has 5 heteroatoms. The van der Waals surface area contributed by atoms with Crippen molar-refractivity contribution < 1.29 is 0 Å². The van der Waals surface area contributed by atoms with Gasteiger partial charge in [0.25, 0.3) is 0 Å². The van der Waals surface area contributed by atoms with Gasteiger partial charge in [0.1, 0.15) is 15.9 Å². The molecule has 35 heavy (non-hydrogen) atoms. The van der Waals surface area contributed by atoms with Gasteiger partial charge in [0, 0.05) is 5.30 Å². The average molecular weight is 591 g/mol. The van der Waals surface area contributed by atoms with E-state index in [2.05, 4.69) is 146 Å². The van der Waals surface area contributed by atoms with E-state index in [0.29, 0.717) is 0 Å². The van der Waals surface area contributed by atoms with Crippen LogP contribution in [0.25, 0.3) is 0 Å². The number of benzene rings is 5. The smallest absolute Gasteiger partial charge is 0.0622 e. The zero-order chi connectivity index (χ0) is 24.3. The summed E-state index contributed by atoms with van der Waals surface area (Å²) >= 11 is -0.556. The molecule has 0 spiro atoms. The van der Waals surface area contributed by atoms with Crippen molar-refractivity contribution in [1.29, 1.82) is 0 Å². The van der Waals surface area contributed by atoms with Crippen molar-refractivity contribution in [3.05, 3.63) is 146 Å². The van der Waals surface area contributed by atoms with Gasteiger partial charge >= 0.3 is 33.6 Å². The van der Waals surface area contributed by atoms with Crippen LogP contribution >= 0.6 is 35.9 Å². The quantitative estimate of drug-likeness (QED) is 0.170. The van der Waals surface area contributed by atoms with Gasteiger partial charge in [0.2, 0.25) is 0 Å². The van der Waals surface area contributed by atoms with Gasteiger partial charge in [-0.15, -0.1) is 0 Å². The van der Waals surface area contributed by atoms with Crippen LogP contribution in [0.2, 0.25) is 0 Å². The molecule has 5 aromatic carbocycles. The molecule has 0 atom stereocenters. The standard InChI is InChI=1S/C30H24P2.Cl2Ge/c1-5-15-25(16-6-1)31(26-17-7-2-8-18-26)29-23-13-14-24-30(29)32(27-19-9-3-10-20-27)28-21-11-4-12-22-28;1-3-2/h1-24H;/p+1. The van der Waals surface area contributed by atoms with E-state index in [9.17, 15) is 0 Å². The molecule has 5 rings (SSSR count). The molecule has 0 heterocycles. The van der Waals surface area contributed by atoms with Crippen LogP contribution in [0, 0.1) is 0 Å². The Labute approximate surface area is 225 Å². The molecule has 0 bridgehead atoms. The molecule has 0 unspecified atom stereocenters. The van der Waals surface area contributed by atoms with Crippen LogP contribution in [-0.4, -0.2) is 13.6 Å². The molecule has 0 nitrogen and oxygen atoms in total. The fraction of sp³-hybridized carbons (Fsp3) is 0. The molecule has 5 aromatic rings. The van der Waals surface area contributed by atoms with Crippen molar-refractivity contribution in [3.8, 4) is 0 Å². The summed E-state index contributed by atoms with van der Waals surface area (Å²) in [5.74, 6) is 0. The first-order chi connectivity index (χ1) is 17.3. The van der Waals surface area contributed by atoms with Crippen molar-refractivity contribution in [3.63, 3.8) is 0 Å². The van der Waals surface area contributed by atoms with Gasteiger partial charge in [-0.3, -0.25) is 0 Å². The molecule has 0 saturated carbocycles. The van der Waals surface area contributed by atoms with Crippen LogP contribution in [0.5, 0.6) is 0 Å². The second-order valence-corrected chi connectivity index (χ2v) is 15.6. The fourth-order valence-electron chi connectivity index (χ4n) is 4.15. The van der Waals surface area contributed by atoms with Gasteiger partial charge in [-0.25, -0.2) is 0 Å². The second-order valence-electron chi connectivity index (χ2n) is 7.70. The maximum absolute atomic E-state index is 4.89. The average Bonchev–Trinajstić information content (AvgIpc) is 2.93. The molecule has 0 aliphatic rings. The third kappa shape index (κ3) is 6.85. The summed E-state index contributed by atoms with van der Waals surface area (Å²) in [4.78, 5) is 0. The van der Waals surface area contributed by atoms with Gasteiger partial charge in [-0.2, -0.15) is 0 Å². The minimum atomic E-state index is -1.15. The van der Waals surface area contributed by atoms with E-state index in [4.69, 9.17) is 20.0 Å². The molecule has 172 valence electrons. The number of hydrogen-bond acceptors (Lipinski definition) is 0. The first kappa shape index (κ1) is 26.2. The van der Waals surface area contributed by atoms with Gasteiger partial charge in [-0.05, 0) is 54.9 Å². The molecular weight excluding hydrogens is 566 g/mol. The zero-order valence-electron chi connectivity index (χ0n) is 19.1. The molecule has 0 amide bonds. The molecule has 2 radical (unpaired) electrons. The normalized spacial score (nSPS) is 10.6. The van der Waals surface area contributed by atoms with Gasteiger partial charge in [0.05, 0.1) is 7.92 Å². The SMILES string of the molecule is [Cl][Ge][Cl].c1ccc(P(c2ccccc2)c2ccccc2[PH+](c2ccccc2)c2ccccc2)cc1. The number of rotatable bonds is 6. The molecule has 0 fully saturated rings. The molecule has 0 N–H and O–H groups in total. The molecule has 0 aliphatic heterocycles. The van der Waals surface area contributed by atoms with Crippen molar-refractivity contribution in [2.45, 2.75) is 0 Å². The third-order valence-corrected chi connectivity index (χ3v) is 11.1. The van der Waals surface area contributed by atoms with E-state index in [1.807, 2.05) is 0 Å². The van der Waals surface area contributed by atoms with Crippen molar-refractivity contribution >= 4 is 81.3 Å². The molecule has 0 aliphatic carbocycles. The molecule has 0 saturated heterocycles. The summed E-state index contributed by atoms with van der Waals surface area (Å²) in [5, 5.41) is 8.57. The summed E-state index contributed by atoms with van der Waals surface area (Å²) in [6, 6.07) is 53.2. The zero-order valence-corrected chi connectivity index (χ0v) is 24.6. The van der Waals surface area contributed by atoms with E-state index in [-0.39, 0.29) is 0 Å². The second kappa shape index (κ2) is 14.0. The van der Waals surface area contributed by atoms with E-state index in [1.54, 1.807) is 0 Å². The summed E-state index contributed by atoms with van der Waals surface area (Å²) in [5.41, 5.74) is 0. The minimum absolute atomic E-state index is 0.556. The van der Waals surface area contributed by atoms with Gasteiger partial charge < -0.3 is 0 Å². The van der Waals surface area contributed by atoms with Crippen LogP contribution in [0.1, 0.15) is 0 Å². The van der Waals surface area contributed by atoms with Crippen molar-refractivity contribution in [2.75, 3.05) is 0 Å². The first-order valence-corrected chi connectivity index (χ1v) is 19.6. The Bertz CT molecular complexity index is 1110. The van der Waals surface area contributed by atoms with Crippen LogP contribution in [-0.2, 0) is 0 Å². The Kier molecular flexibility index (Phi) is 10.4. The van der Waals surface area contributed by atoms with E-state index in [1.165, 1.54) is 31.8 Å². The summed E-state index contributed by atoms with van der Waals surface area (Å²) in [6.07, 6.45) is 0. The van der Waals surface area contributed by atoms with Crippen molar-refractivity contribution in [2.24, 2.45) is 0 Å². The minimum Gasteiger partial charge on any atom is -0.0622 e. The Morgan fingerprint density at radius 3 is 1.23 bits per heavy atom. The topological polar surface area (TPSA) is 0 Å². The van der Waals surface area contributed by atoms with Crippen LogP contribution in [0.3, 0.4) is 0 Å². The maximum atomic E-state index is 4.89. The van der Waals surface area contributed by atoms with Gasteiger partial charge in [0.15, 0.2) is 0 Å². The van der Waals surface area contributed by atoms with E-state index in [0.717, 1.165) is 0 Å². The Hall–Kier alpha value is -1.92. The molecule has 0 aromatic heterocycles. The predicted molar refractivity (Wildman–Crippen MR) is 163 cm³/mol. The van der Waals surface area contributed by atoms with Crippen LogP contribution < -0.4 is 31.8 Å². The van der Waals surface area contributed by atoms with E-state index < -0.39 is 29.4 Å². The van der Waals surface area contributed by atoms with Crippen LogP contribution in [0.4, 0.5) is 0 Å². The number of halogens is 2. The van der Waals surface area contributed by atoms with Crippen LogP contribution in [0.15, 0.2) is 146 Å². The van der Waals surface area contributed by atoms with Crippen molar-refractivity contribution in [1.82, 2.24) is 0 Å². The first-order valence-electron chi connectivity index (χ1n) is 11.3. The summed E-state index contributed by atoms with van der Waals surface area (Å²) < 4.78 is 0. The summed E-state index contributed by atoms with van der Waals surface area (Å²) in [6.45, 7) is 0. The fourth-order valence-corrected chi connectivity index (χ4v) is 9.77. The Morgan fingerprint density at radius 2 is 0.800 bits per heavy atom. The maximum Gasteiger partial charge on any atom is 0.110 e. The molecular formula is C30H25Cl2GeP2+. The number of hydrogen-bond donors (Lipinski definition) is 0. The third-order valence-electron chi connectivity index (χ3n) is 5.57. The Balaban J connectivity index is 0.000000917. The predicted octanol–water partition coefficient (Wildman–Crippen LogP) is 5.93.